The van der Waals surface area contributed by atoms with E-state index in [2.05, 4.69) is 4.98 Å². The maximum atomic E-state index is 12.7. The highest BCUT2D eigenvalue weighted by Crippen LogP contribution is 2.14. The van der Waals surface area contributed by atoms with E-state index in [0.29, 0.717) is 18.7 Å². The number of aromatic nitrogens is 1. The van der Waals surface area contributed by atoms with Crippen LogP contribution in [0.3, 0.4) is 0 Å². The average molecular weight is 252 g/mol. The maximum absolute atomic E-state index is 12.7. The number of pyridine rings is 1. The van der Waals surface area contributed by atoms with Crippen molar-refractivity contribution in [3.8, 4) is 0 Å². The van der Waals surface area contributed by atoms with Gasteiger partial charge >= 0.3 is 0 Å². The predicted octanol–water partition coefficient (Wildman–Crippen LogP) is 1.86. The number of carbonyl (C=O) groups is 1. The highest BCUT2D eigenvalue weighted by molar-refractivity contribution is 5.93. The number of halogens is 1. The lowest BCUT2D eigenvalue weighted by Gasteiger charge is -2.23. The van der Waals surface area contributed by atoms with Crippen molar-refractivity contribution in [3.63, 3.8) is 0 Å². The van der Waals surface area contributed by atoms with Crippen LogP contribution in [0.15, 0.2) is 18.3 Å². The van der Waals surface area contributed by atoms with Gasteiger partial charge in [0.15, 0.2) is 0 Å². The molecule has 1 atom stereocenters. The largest absolute Gasteiger partial charge is 0.376 e. The minimum Gasteiger partial charge on any atom is -0.376 e. The van der Waals surface area contributed by atoms with E-state index in [4.69, 9.17) is 4.74 Å². The molecule has 1 aromatic heterocycles. The molecule has 1 unspecified atom stereocenters. The van der Waals surface area contributed by atoms with E-state index >= 15 is 0 Å². The number of ether oxygens (including phenoxy) is 1. The molecule has 0 N–H and O–H groups in total. The molecule has 1 amide bonds. The summed E-state index contributed by atoms with van der Waals surface area (Å²) in [6.07, 6.45) is 3.44. The minimum atomic E-state index is -0.575. The zero-order valence-corrected chi connectivity index (χ0v) is 10.4. The van der Waals surface area contributed by atoms with Gasteiger partial charge in [-0.2, -0.15) is 4.39 Å². The highest BCUT2D eigenvalue weighted by atomic mass is 19.1. The second kappa shape index (κ2) is 5.91. The van der Waals surface area contributed by atoms with Crippen molar-refractivity contribution in [1.82, 2.24) is 9.88 Å². The van der Waals surface area contributed by atoms with Gasteiger partial charge in [-0.1, -0.05) is 0 Å². The van der Waals surface area contributed by atoms with Crippen LogP contribution in [0.1, 0.15) is 30.1 Å². The lowest BCUT2D eigenvalue weighted by Crippen LogP contribution is -2.37. The van der Waals surface area contributed by atoms with Gasteiger partial charge in [0.05, 0.1) is 11.7 Å². The van der Waals surface area contributed by atoms with E-state index in [1.54, 1.807) is 4.90 Å². The lowest BCUT2D eigenvalue weighted by atomic mass is 10.2. The molecule has 1 fully saturated rings. The lowest BCUT2D eigenvalue weighted by molar-refractivity contribution is 0.0539. The third-order valence-electron chi connectivity index (χ3n) is 3.09. The van der Waals surface area contributed by atoms with Crippen LogP contribution < -0.4 is 0 Å². The topological polar surface area (TPSA) is 42.4 Å². The fourth-order valence-corrected chi connectivity index (χ4v) is 2.07. The van der Waals surface area contributed by atoms with E-state index in [-0.39, 0.29) is 12.0 Å². The first kappa shape index (κ1) is 13.0. The van der Waals surface area contributed by atoms with Gasteiger partial charge in [-0.05, 0) is 31.9 Å². The van der Waals surface area contributed by atoms with Gasteiger partial charge in [0.1, 0.15) is 0 Å². The Balaban J connectivity index is 2.02. The van der Waals surface area contributed by atoms with Gasteiger partial charge in [-0.3, -0.25) is 4.79 Å². The van der Waals surface area contributed by atoms with Crippen LogP contribution in [-0.4, -0.2) is 41.6 Å². The van der Waals surface area contributed by atoms with Crippen molar-refractivity contribution < 1.29 is 13.9 Å². The number of nitrogens with zero attached hydrogens (tertiary/aromatic N) is 2. The molecule has 0 aromatic carbocycles. The zero-order chi connectivity index (χ0) is 13.0. The van der Waals surface area contributed by atoms with Gasteiger partial charge in [-0.25, -0.2) is 4.98 Å². The molecule has 4 nitrogen and oxygen atoms in total. The molecule has 18 heavy (non-hydrogen) atoms. The number of rotatable bonds is 4. The van der Waals surface area contributed by atoms with Crippen LogP contribution >= 0.6 is 0 Å². The average Bonchev–Trinajstić information content (AvgIpc) is 2.89. The summed E-state index contributed by atoms with van der Waals surface area (Å²) in [5.41, 5.74) is 0.413. The van der Waals surface area contributed by atoms with Crippen LogP contribution in [0.5, 0.6) is 0 Å². The van der Waals surface area contributed by atoms with Crippen LogP contribution in [0.25, 0.3) is 0 Å². The summed E-state index contributed by atoms with van der Waals surface area (Å²) in [6, 6.07) is 2.66. The Kier molecular flexibility index (Phi) is 4.25. The van der Waals surface area contributed by atoms with E-state index in [9.17, 15) is 9.18 Å². The summed E-state index contributed by atoms with van der Waals surface area (Å²) in [6.45, 7) is 3.89. The Labute approximate surface area is 106 Å². The number of likely N-dealkylation sites (N-methyl/N-ethyl adjacent to an activating group) is 1. The summed E-state index contributed by atoms with van der Waals surface area (Å²) in [5.74, 6) is -0.700. The second-order valence-electron chi connectivity index (χ2n) is 4.35. The predicted molar refractivity (Wildman–Crippen MR) is 64.7 cm³/mol. The monoisotopic (exact) mass is 252 g/mol. The molecule has 0 saturated carbocycles. The molecule has 1 aliphatic rings. The number of hydrogen-bond acceptors (Lipinski definition) is 3. The highest BCUT2D eigenvalue weighted by Gasteiger charge is 2.22. The van der Waals surface area contributed by atoms with Gasteiger partial charge in [0.25, 0.3) is 5.91 Å². The third-order valence-corrected chi connectivity index (χ3v) is 3.09. The summed E-state index contributed by atoms with van der Waals surface area (Å²) >= 11 is 0. The quantitative estimate of drug-likeness (QED) is 0.768. The number of hydrogen-bond donors (Lipinski definition) is 0. The number of carbonyl (C=O) groups excluding carboxylic acids is 1. The van der Waals surface area contributed by atoms with Crippen molar-refractivity contribution in [2.75, 3.05) is 19.7 Å². The Bertz CT molecular complexity index is 402. The summed E-state index contributed by atoms with van der Waals surface area (Å²) in [7, 11) is 0. The van der Waals surface area contributed by atoms with Gasteiger partial charge < -0.3 is 9.64 Å². The fourth-order valence-electron chi connectivity index (χ4n) is 2.07. The summed E-state index contributed by atoms with van der Waals surface area (Å²) in [5, 5.41) is 0. The molecular weight excluding hydrogens is 235 g/mol. The first-order valence-corrected chi connectivity index (χ1v) is 6.23. The Morgan fingerprint density at radius 3 is 3.00 bits per heavy atom. The van der Waals surface area contributed by atoms with Crippen molar-refractivity contribution >= 4 is 5.91 Å². The van der Waals surface area contributed by atoms with Crippen LogP contribution in [-0.2, 0) is 4.74 Å². The van der Waals surface area contributed by atoms with Gasteiger partial charge in [0, 0.05) is 25.9 Å². The summed E-state index contributed by atoms with van der Waals surface area (Å²) < 4.78 is 18.2. The number of amides is 1. The second-order valence-corrected chi connectivity index (χ2v) is 4.35. The first-order chi connectivity index (χ1) is 8.70. The Hall–Kier alpha value is -1.49. The van der Waals surface area contributed by atoms with Gasteiger partial charge in [-0.15, -0.1) is 0 Å². The van der Waals surface area contributed by atoms with Crippen molar-refractivity contribution in [1.29, 1.82) is 0 Å². The van der Waals surface area contributed by atoms with Crippen LogP contribution in [0, 0.1) is 5.95 Å². The molecule has 0 radical (unpaired) electrons. The normalized spacial score (nSPS) is 18.9. The molecule has 2 rings (SSSR count). The van der Waals surface area contributed by atoms with E-state index in [0.717, 1.165) is 19.4 Å². The van der Waals surface area contributed by atoms with Crippen molar-refractivity contribution in [2.24, 2.45) is 0 Å². The molecule has 0 spiro atoms. The summed E-state index contributed by atoms with van der Waals surface area (Å²) in [4.78, 5) is 17.4. The SMILES string of the molecule is CCN(CC1CCCO1)C(=O)c1ccc(F)nc1. The molecule has 2 heterocycles. The Morgan fingerprint density at radius 2 is 2.44 bits per heavy atom. The van der Waals surface area contributed by atoms with Crippen LogP contribution in [0.2, 0.25) is 0 Å². The molecule has 1 aromatic rings. The van der Waals surface area contributed by atoms with Crippen LogP contribution in [0.4, 0.5) is 4.39 Å². The molecular formula is C13H17FN2O2. The first-order valence-electron chi connectivity index (χ1n) is 6.23. The smallest absolute Gasteiger partial charge is 0.255 e. The molecule has 0 aliphatic carbocycles. The standard InChI is InChI=1S/C13H17FN2O2/c1-2-16(9-11-4-3-7-18-11)13(17)10-5-6-12(14)15-8-10/h5-6,8,11H,2-4,7,9H2,1H3. The van der Waals surface area contributed by atoms with E-state index in [1.165, 1.54) is 18.3 Å². The molecule has 1 saturated heterocycles. The van der Waals surface area contributed by atoms with E-state index < -0.39 is 5.95 Å². The molecule has 1 aliphatic heterocycles. The Morgan fingerprint density at radius 1 is 1.61 bits per heavy atom. The third kappa shape index (κ3) is 3.04. The van der Waals surface area contributed by atoms with Crippen molar-refractivity contribution in [2.45, 2.75) is 25.9 Å². The molecule has 5 heteroatoms. The fraction of sp³-hybridized carbons (Fsp3) is 0.538. The van der Waals surface area contributed by atoms with Crippen molar-refractivity contribution in [3.05, 3.63) is 29.8 Å². The van der Waals surface area contributed by atoms with E-state index in [1.807, 2.05) is 6.92 Å². The molecule has 0 bridgehead atoms. The maximum Gasteiger partial charge on any atom is 0.255 e. The minimum absolute atomic E-state index is 0.125. The zero-order valence-electron chi connectivity index (χ0n) is 10.4. The van der Waals surface area contributed by atoms with Gasteiger partial charge in [0.2, 0.25) is 5.95 Å². The molecule has 98 valence electrons.